The molecule has 0 fully saturated rings. The first-order chi connectivity index (χ1) is 6.72. The summed E-state index contributed by atoms with van der Waals surface area (Å²) in [5, 5.41) is 0. The van der Waals surface area contributed by atoms with Gasteiger partial charge in [-0.1, -0.05) is 6.07 Å². The molecule has 2 aromatic rings. The third-order valence-corrected chi connectivity index (χ3v) is 2.33. The predicted molar refractivity (Wildman–Crippen MR) is 54.7 cm³/mol. The molecule has 2 rings (SSSR count). The molecule has 1 unspecified atom stereocenters. The van der Waals surface area contributed by atoms with Crippen LogP contribution in [0.2, 0.25) is 0 Å². The summed E-state index contributed by atoms with van der Waals surface area (Å²) in [6, 6.07) is 5.90. The summed E-state index contributed by atoms with van der Waals surface area (Å²) in [6.07, 6.45) is 1.41. The molecule has 4 nitrogen and oxygen atoms in total. The van der Waals surface area contributed by atoms with Crippen LogP contribution in [0.25, 0.3) is 11.0 Å². The van der Waals surface area contributed by atoms with E-state index in [1.165, 1.54) is 0 Å². The summed E-state index contributed by atoms with van der Waals surface area (Å²) in [5.41, 5.74) is 8.72. The highest BCUT2D eigenvalue weighted by atomic mass is 16.5. The lowest BCUT2D eigenvalue weighted by Gasteiger charge is -2.09. The molecule has 74 valence electrons. The molecule has 1 heterocycles. The minimum Gasteiger partial charge on any atom is -0.363 e. The molecule has 0 aliphatic heterocycles. The highest BCUT2D eigenvalue weighted by Gasteiger charge is 2.06. The lowest BCUT2D eigenvalue weighted by atomic mass is 10.2. The molecule has 0 aliphatic carbocycles. The first-order valence-electron chi connectivity index (χ1n) is 4.41. The van der Waals surface area contributed by atoms with Crippen molar-refractivity contribution in [1.82, 2.24) is 9.55 Å². The average molecular weight is 191 g/mol. The van der Waals surface area contributed by atoms with Crippen LogP contribution in [0.1, 0.15) is 11.8 Å². The second-order valence-electron chi connectivity index (χ2n) is 3.26. The maximum Gasteiger partial charge on any atom is 0.131 e. The molecule has 1 atom stereocenters. The molecule has 0 saturated carbocycles. The molecule has 0 saturated heterocycles. The van der Waals surface area contributed by atoms with Crippen molar-refractivity contribution in [1.29, 1.82) is 0 Å². The number of hydrogen-bond donors (Lipinski definition) is 1. The average Bonchev–Trinajstić information content (AvgIpc) is 2.59. The van der Waals surface area contributed by atoms with E-state index in [9.17, 15) is 0 Å². The minimum absolute atomic E-state index is 0.374. The van der Waals surface area contributed by atoms with Crippen LogP contribution in [-0.4, -0.2) is 16.7 Å². The molecule has 0 spiro atoms. The van der Waals surface area contributed by atoms with Crippen LogP contribution in [0.15, 0.2) is 24.5 Å². The summed E-state index contributed by atoms with van der Waals surface area (Å²) >= 11 is 0. The monoisotopic (exact) mass is 191 g/mol. The number of nitrogens with zero attached hydrogens (tertiary/aromatic N) is 2. The lowest BCUT2D eigenvalue weighted by Crippen LogP contribution is -2.11. The first-order valence-corrected chi connectivity index (χ1v) is 4.41. The number of ether oxygens (including phenoxy) is 1. The van der Waals surface area contributed by atoms with Gasteiger partial charge in [0.15, 0.2) is 0 Å². The van der Waals surface area contributed by atoms with Gasteiger partial charge in [-0.3, -0.25) is 0 Å². The highest BCUT2D eigenvalue weighted by molar-refractivity contribution is 5.76. The maximum absolute atomic E-state index is 5.74. The van der Waals surface area contributed by atoms with Gasteiger partial charge in [0.05, 0.1) is 17.4 Å². The van der Waals surface area contributed by atoms with Crippen molar-refractivity contribution in [3.8, 4) is 0 Å². The van der Waals surface area contributed by atoms with Crippen LogP contribution in [-0.2, 0) is 11.8 Å². The van der Waals surface area contributed by atoms with Crippen LogP contribution in [0, 0.1) is 0 Å². The quantitative estimate of drug-likeness (QED) is 0.725. The van der Waals surface area contributed by atoms with Crippen molar-refractivity contribution in [2.24, 2.45) is 12.8 Å². The Morgan fingerprint density at radius 1 is 1.50 bits per heavy atom. The number of fused-ring (bicyclic) bond motifs is 1. The largest absolute Gasteiger partial charge is 0.363 e. The number of hydrogen-bond acceptors (Lipinski definition) is 3. The van der Waals surface area contributed by atoms with Gasteiger partial charge in [-0.05, 0) is 17.7 Å². The van der Waals surface area contributed by atoms with Gasteiger partial charge in [0.1, 0.15) is 6.23 Å². The van der Waals surface area contributed by atoms with E-state index < -0.39 is 0 Å². The standard InChI is InChI=1S/C10H13N3O/c1-13-6-12-8-5-7(10(11)14-2)3-4-9(8)13/h3-6,10H,11H2,1-2H3. The molecule has 1 aromatic heterocycles. The van der Waals surface area contributed by atoms with E-state index in [1.807, 2.05) is 29.8 Å². The predicted octanol–water partition coefficient (Wildman–Crippen LogP) is 1.18. The fourth-order valence-electron chi connectivity index (χ4n) is 1.47. The van der Waals surface area contributed by atoms with Gasteiger partial charge < -0.3 is 15.0 Å². The molecule has 0 radical (unpaired) electrons. The van der Waals surface area contributed by atoms with Gasteiger partial charge in [0, 0.05) is 14.2 Å². The van der Waals surface area contributed by atoms with Gasteiger partial charge in [0.25, 0.3) is 0 Å². The normalized spacial score (nSPS) is 13.4. The van der Waals surface area contributed by atoms with Gasteiger partial charge in [-0.15, -0.1) is 0 Å². The van der Waals surface area contributed by atoms with Crippen molar-refractivity contribution in [2.45, 2.75) is 6.23 Å². The van der Waals surface area contributed by atoms with Crippen molar-refractivity contribution < 1.29 is 4.74 Å². The molecule has 14 heavy (non-hydrogen) atoms. The van der Waals surface area contributed by atoms with E-state index in [2.05, 4.69) is 4.98 Å². The van der Waals surface area contributed by atoms with Gasteiger partial charge in [-0.25, -0.2) is 4.98 Å². The lowest BCUT2D eigenvalue weighted by molar-refractivity contribution is 0.109. The van der Waals surface area contributed by atoms with Crippen molar-refractivity contribution in [2.75, 3.05) is 7.11 Å². The fourth-order valence-corrected chi connectivity index (χ4v) is 1.47. The fraction of sp³-hybridized carbons (Fsp3) is 0.300. The summed E-state index contributed by atoms with van der Waals surface area (Å²) in [6.45, 7) is 0. The molecule has 4 heteroatoms. The Morgan fingerprint density at radius 2 is 2.29 bits per heavy atom. The topological polar surface area (TPSA) is 53.1 Å². The second-order valence-corrected chi connectivity index (χ2v) is 3.26. The van der Waals surface area contributed by atoms with E-state index in [1.54, 1.807) is 13.4 Å². The molecule has 0 amide bonds. The molecule has 0 bridgehead atoms. The van der Waals surface area contributed by atoms with E-state index in [0.29, 0.717) is 0 Å². The Hall–Kier alpha value is -1.39. The molecular formula is C10H13N3O. The van der Waals surface area contributed by atoms with Gasteiger partial charge in [0.2, 0.25) is 0 Å². The molecule has 2 N–H and O–H groups in total. The van der Waals surface area contributed by atoms with Crippen LogP contribution in [0.5, 0.6) is 0 Å². The second kappa shape index (κ2) is 3.40. The Labute approximate surface area is 82.3 Å². The van der Waals surface area contributed by atoms with Crippen molar-refractivity contribution >= 4 is 11.0 Å². The number of nitrogens with two attached hydrogens (primary N) is 1. The van der Waals surface area contributed by atoms with Gasteiger partial charge in [-0.2, -0.15) is 0 Å². The summed E-state index contributed by atoms with van der Waals surface area (Å²) in [7, 11) is 3.55. The number of methoxy groups -OCH3 is 1. The third kappa shape index (κ3) is 1.38. The van der Waals surface area contributed by atoms with Crippen LogP contribution in [0.3, 0.4) is 0 Å². The third-order valence-electron chi connectivity index (χ3n) is 2.33. The molecule has 1 aromatic carbocycles. The van der Waals surface area contributed by atoms with Crippen molar-refractivity contribution in [3.05, 3.63) is 30.1 Å². The van der Waals surface area contributed by atoms with Crippen LogP contribution < -0.4 is 5.73 Å². The summed E-state index contributed by atoms with van der Waals surface area (Å²) in [4.78, 5) is 4.25. The minimum atomic E-state index is -0.374. The highest BCUT2D eigenvalue weighted by Crippen LogP contribution is 2.17. The summed E-state index contributed by atoms with van der Waals surface area (Å²) < 4.78 is 7.00. The van der Waals surface area contributed by atoms with E-state index in [4.69, 9.17) is 10.5 Å². The van der Waals surface area contributed by atoms with Crippen molar-refractivity contribution in [3.63, 3.8) is 0 Å². The Kier molecular flexibility index (Phi) is 2.23. The number of aromatic nitrogens is 2. The Balaban J connectivity index is 2.52. The van der Waals surface area contributed by atoms with Gasteiger partial charge >= 0.3 is 0 Å². The van der Waals surface area contributed by atoms with E-state index in [0.717, 1.165) is 16.6 Å². The first kappa shape index (κ1) is 9.18. The number of rotatable bonds is 2. The maximum atomic E-state index is 5.74. The molecular weight excluding hydrogens is 178 g/mol. The zero-order valence-corrected chi connectivity index (χ0v) is 8.27. The Morgan fingerprint density at radius 3 is 3.00 bits per heavy atom. The van der Waals surface area contributed by atoms with Crippen LogP contribution >= 0.6 is 0 Å². The van der Waals surface area contributed by atoms with E-state index >= 15 is 0 Å². The number of benzene rings is 1. The van der Waals surface area contributed by atoms with E-state index in [-0.39, 0.29) is 6.23 Å². The summed E-state index contributed by atoms with van der Waals surface area (Å²) in [5.74, 6) is 0. The SMILES string of the molecule is COC(N)c1ccc2c(c1)ncn2C. The smallest absolute Gasteiger partial charge is 0.131 e. The van der Waals surface area contributed by atoms with Crippen LogP contribution in [0.4, 0.5) is 0 Å². The molecule has 0 aliphatic rings. The zero-order chi connectivity index (χ0) is 10.1. The number of imidazole rings is 1. The zero-order valence-electron chi connectivity index (χ0n) is 8.27. The number of aryl methyl sites for hydroxylation is 1. The Bertz CT molecular complexity index is 450.